The SMILES string of the molecule is CC(=O)CC(=O)OCCOC(=O)CC(C)=O.O. The van der Waals surface area contributed by atoms with Gasteiger partial charge in [-0.25, -0.2) is 0 Å². The van der Waals surface area contributed by atoms with Crippen LogP contribution in [0.25, 0.3) is 0 Å². The lowest BCUT2D eigenvalue weighted by molar-refractivity contribution is -0.154. The standard InChI is InChI=1S/C10H14O6.H2O/c1-7(11)5-9(13)15-3-4-16-10(14)6-8(2)12;/h3-6H2,1-2H3;1H2. The smallest absolute Gasteiger partial charge is 0.313 e. The molecule has 0 radical (unpaired) electrons. The van der Waals surface area contributed by atoms with E-state index in [9.17, 15) is 19.2 Å². The first-order chi connectivity index (χ1) is 7.41. The van der Waals surface area contributed by atoms with Crippen LogP contribution in [-0.2, 0) is 28.7 Å². The van der Waals surface area contributed by atoms with Crippen molar-refractivity contribution in [2.45, 2.75) is 26.7 Å². The Hall–Kier alpha value is -1.76. The van der Waals surface area contributed by atoms with Gasteiger partial charge in [-0.3, -0.25) is 19.2 Å². The second-order valence-corrected chi connectivity index (χ2v) is 3.20. The zero-order chi connectivity index (χ0) is 12.6. The van der Waals surface area contributed by atoms with E-state index >= 15 is 0 Å². The lowest BCUT2D eigenvalue weighted by Crippen LogP contribution is -2.16. The van der Waals surface area contributed by atoms with Crippen molar-refractivity contribution >= 4 is 23.5 Å². The van der Waals surface area contributed by atoms with Crippen LogP contribution in [0.5, 0.6) is 0 Å². The molecule has 98 valence electrons. The molecule has 0 atom stereocenters. The Morgan fingerprint density at radius 2 is 1.06 bits per heavy atom. The first kappa shape index (κ1) is 17.6. The molecule has 0 aliphatic carbocycles. The Morgan fingerprint density at radius 1 is 0.765 bits per heavy atom. The molecule has 0 aromatic carbocycles. The molecule has 0 aliphatic heterocycles. The zero-order valence-electron chi connectivity index (χ0n) is 9.78. The van der Waals surface area contributed by atoms with E-state index in [2.05, 4.69) is 9.47 Å². The molecule has 0 rings (SSSR count). The van der Waals surface area contributed by atoms with Gasteiger partial charge in [-0.15, -0.1) is 0 Å². The number of hydrogen-bond acceptors (Lipinski definition) is 6. The van der Waals surface area contributed by atoms with Crippen LogP contribution in [0.4, 0.5) is 0 Å². The van der Waals surface area contributed by atoms with E-state index in [-0.39, 0.29) is 43.1 Å². The van der Waals surface area contributed by atoms with Crippen LogP contribution in [0.15, 0.2) is 0 Å². The quantitative estimate of drug-likeness (QED) is 0.331. The summed E-state index contributed by atoms with van der Waals surface area (Å²) in [6.07, 6.45) is -0.581. The number of esters is 2. The third-order valence-corrected chi connectivity index (χ3v) is 1.40. The first-order valence-electron chi connectivity index (χ1n) is 4.72. The Morgan fingerprint density at radius 3 is 1.29 bits per heavy atom. The van der Waals surface area contributed by atoms with Crippen LogP contribution in [0.2, 0.25) is 0 Å². The van der Waals surface area contributed by atoms with Crippen molar-refractivity contribution < 1.29 is 34.1 Å². The average molecular weight is 248 g/mol. The summed E-state index contributed by atoms with van der Waals surface area (Å²) in [5.41, 5.74) is 0. The van der Waals surface area contributed by atoms with Gasteiger partial charge in [0.15, 0.2) is 0 Å². The molecule has 7 heteroatoms. The van der Waals surface area contributed by atoms with Crippen LogP contribution in [0, 0.1) is 0 Å². The molecule has 0 aliphatic rings. The fraction of sp³-hybridized carbons (Fsp3) is 0.600. The summed E-state index contributed by atoms with van der Waals surface area (Å²) in [6.45, 7) is 2.31. The highest BCUT2D eigenvalue weighted by atomic mass is 16.6. The molecule has 0 saturated heterocycles. The highest BCUT2D eigenvalue weighted by Crippen LogP contribution is 1.91. The van der Waals surface area contributed by atoms with Gasteiger partial charge < -0.3 is 14.9 Å². The van der Waals surface area contributed by atoms with Crippen LogP contribution >= 0.6 is 0 Å². The van der Waals surface area contributed by atoms with Gasteiger partial charge in [-0.1, -0.05) is 0 Å². The minimum Gasteiger partial charge on any atom is -0.462 e. The fourth-order valence-corrected chi connectivity index (χ4v) is 0.820. The van der Waals surface area contributed by atoms with E-state index in [1.54, 1.807) is 0 Å². The third kappa shape index (κ3) is 12.2. The Balaban J connectivity index is 0. The highest BCUT2D eigenvalue weighted by Gasteiger charge is 2.08. The van der Waals surface area contributed by atoms with Crippen molar-refractivity contribution in [3.63, 3.8) is 0 Å². The molecule has 7 nitrogen and oxygen atoms in total. The summed E-state index contributed by atoms with van der Waals surface area (Å²) >= 11 is 0. The maximum absolute atomic E-state index is 10.8. The van der Waals surface area contributed by atoms with Crippen LogP contribution in [0.1, 0.15) is 26.7 Å². The van der Waals surface area contributed by atoms with Gasteiger partial charge >= 0.3 is 11.9 Å². The van der Waals surface area contributed by atoms with Gasteiger partial charge in [0.2, 0.25) is 0 Å². The molecule has 0 bridgehead atoms. The Labute approximate surface area is 98.4 Å². The molecular weight excluding hydrogens is 232 g/mol. The maximum atomic E-state index is 10.8. The lowest BCUT2D eigenvalue weighted by atomic mass is 10.3. The van der Waals surface area contributed by atoms with Crippen LogP contribution in [-0.4, -0.2) is 42.2 Å². The van der Waals surface area contributed by atoms with E-state index in [1.807, 2.05) is 0 Å². The van der Waals surface area contributed by atoms with Gasteiger partial charge in [0.1, 0.15) is 37.6 Å². The number of carbonyl (C=O) groups is 4. The summed E-state index contributed by atoms with van der Waals surface area (Å²) in [6, 6.07) is 0. The Bertz CT molecular complexity index is 265. The van der Waals surface area contributed by atoms with Gasteiger partial charge in [0.05, 0.1) is 0 Å². The van der Waals surface area contributed by atoms with Gasteiger partial charge in [-0.05, 0) is 13.8 Å². The first-order valence-corrected chi connectivity index (χ1v) is 4.72. The summed E-state index contributed by atoms with van der Waals surface area (Å²) in [4.78, 5) is 42.7. The molecule has 0 unspecified atom stereocenters. The van der Waals surface area contributed by atoms with Crippen molar-refractivity contribution in [1.82, 2.24) is 0 Å². The molecule has 0 spiro atoms. The van der Waals surface area contributed by atoms with Crippen molar-refractivity contribution in [1.29, 1.82) is 0 Å². The normalized spacial score (nSPS) is 8.82. The van der Waals surface area contributed by atoms with E-state index in [1.165, 1.54) is 13.8 Å². The Kier molecular flexibility index (Phi) is 9.82. The molecule has 2 N–H and O–H groups in total. The van der Waals surface area contributed by atoms with E-state index < -0.39 is 11.9 Å². The fourth-order valence-electron chi connectivity index (χ4n) is 0.820. The third-order valence-electron chi connectivity index (χ3n) is 1.40. The molecule has 0 amide bonds. The number of Topliss-reactive ketones (excluding diaryl/α,β-unsaturated/α-hetero) is 2. The minimum atomic E-state index is -0.657. The van der Waals surface area contributed by atoms with Crippen molar-refractivity contribution in [3.8, 4) is 0 Å². The molecule has 0 saturated carbocycles. The second-order valence-electron chi connectivity index (χ2n) is 3.20. The molecule has 0 fully saturated rings. The van der Waals surface area contributed by atoms with Gasteiger partial charge in [0.25, 0.3) is 0 Å². The van der Waals surface area contributed by atoms with Gasteiger partial charge in [-0.2, -0.15) is 0 Å². The summed E-state index contributed by atoms with van der Waals surface area (Å²) in [5.74, 6) is -1.90. The monoisotopic (exact) mass is 248 g/mol. The number of ketones is 2. The zero-order valence-corrected chi connectivity index (χ0v) is 9.78. The predicted molar refractivity (Wildman–Crippen MR) is 56.1 cm³/mol. The minimum absolute atomic E-state index is 0. The van der Waals surface area contributed by atoms with E-state index in [0.29, 0.717) is 0 Å². The molecule has 0 heterocycles. The van der Waals surface area contributed by atoms with Crippen molar-refractivity contribution in [2.75, 3.05) is 13.2 Å². The molecular formula is C10H16O7. The van der Waals surface area contributed by atoms with E-state index in [4.69, 9.17) is 0 Å². The number of carbonyl (C=O) groups excluding carboxylic acids is 4. The summed E-state index contributed by atoms with van der Waals surface area (Å²) < 4.78 is 9.17. The molecule has 0 aromatic heterocycles. The number of ether oxygens (including phenoxy) is 2. The molecule has 17 heavy (non-hydrogen) atoms. The van der Waals surface area contributed by atoms with E-state index in [0.717, 1.165) is 0 Å². The maximum Gasteiger partial charge on any atom is 0.313 e. The molecule has 0 aromatic rings. The topological polar surface area (TPSA) is 118 Å². The highest BCUT2D eigenvalue weighted by molar-refractivity contribution is 5.94. The summed E-state index contributed by atoms with van der Waals surface area (Å²) in [7, 11) is 0. The number of hydrogen-bond donors (Lipinski definition) is 0. The van der Waals surface area contributed by atoms with Gasteiger partial charge in [0, 0.05) is 0 Å². The van der Waals surface area contributed by atoms with Crippen LogP contribution in [0.3, 0.4) is 0 Å². The lowest BCUT2D eigenvalue weighted by Gasteiger charge is -2.04. The van der Waals surface area contributed by atoms with Crippen molar-refractivity contribution in [3.05, 3.63) is 0 Å². The second kappa shape index (κ2) is 9.46. The summed E-state index contributed by atoms with van der Waals surface area (Å²) in [5, 5.41) is 0. The van der Waals surface area contributed by atoms with Crippen LogP contribution < -0.4 is 0 Å². The van der Waals surface area contributed by atoms with Crippen molar-refractivity contribution in [2.24, 2.45) is 0 Å². The predicted octanol–water partition coefficient (Wildman–Crippen LogP) is -0.794. The number of rotatable bonds is 7. The largest absolute Gasteiger partial charge is 0.462 e. The average Bonchev–Trinajstić information content (AvgIpc) is 2.10.